The molecule has 0 aliphatic heterocycles. The Kier molecular flexibility index (Phi) is 7.27. The van der Waals surface area contributed by atoms with E-state index in [-0.39, 0.29) is 5.12 Å². The van der Waals surface area contributed by atoms with E-state index in [2.05, 4.69) is 22.3 Å². The molecule has 158 valence electrons. The number of aryl methyl sites for hydroxylation is 3. The first-order valence-electron chi connectivity index (χ1n) is 9.73. The summed E-state index contributed by atoms with van der Waals surface area (Å²) in [6.45, 7) is 3.69. The van der Waals surface area contributed by atoms with Gasteiger partial charge in [-0.2, -0.15) is 5.26 Å². The maximum atomic E-state index is 12.5. The van der Waals surface area contributed by atoms with Gasteiger partial charge in [0.05, 0.1) is 24.3 Å². The van der Waals surface area contributed by atoms with Gasteiger partial charge in [0.25, 0.3) is 0 Å². The average Bonchev–Trinajstić information content (AvgIpc) is 3.20. The third kappa shape index (κ3) is 5.22. The van der Waals surface area contributed by atoms with Crippen LogP contribution >= 0.6 is 11.8 Å². The molecular formula is C24H23N3O3S. The van der Waals surface area contributed by atoms with Crippen LogP contribution in [-0.4, -0.2) is 28.7 Å². The topological polar surface area (TPSA) is 89.0 Å². The first-order chi connectivity index (χ1) is 15.0. The first kappa shape index (κ1) is 22.3. The summed E-state index contributed by atoms with van der Waals surface area (Å²) in [5.74, 6) is 1.71. The molecule has 0 radical (unpaired) electrons. The van der Waals surface area contributed by atoms with Crippen molar-refractivity contribution >= 4 is 22.5 Å². The second-order valence-corrected chi connectivity index (χ2v) is 7.71. The molecule has 3 aromatic rings. The molecule has 0 fully saturated rings. The molecule has 6 nitrogen and oxygen atoms in total. The van der Waals surface area contributed by atoms with Crippen molar-refractivity contribution in [1.82, 2.24) is 10.2 Å². The highest BCUT2D eigenvalue weighted by Crippen LogP contribution is 2.33. The summed E-state index contributed by atoms with van der Waals surface area (Å²) in [5, 5.41) is 17.0. The zero-order chi connectivity index (χ0) is 22.4. The Morgan fingerprint density at radius 1 is 1.19 bits per heavy atom. The molecule has 0 unspecified atom stereocenters. The van der Waals surface area contributed by atoms with E-state index in [1.807, 2.05) is 31.2 Å². The molecular weight excluding hydrogens is 410 g/mol. The molecule has 0 saturated carbocycles. The van der Waals surface area contributed by atoms with Gasteiger partial charge in [-0.3, -0.25) is 4.79 Å². The molecule has 0 saturated heterocycles. The van der Waals surface area contributed by atoms with Crippen molar-refractivity contribution in [2.45, 2.75) is 26.7 Å². The molecule has 0 aliphatic rings. The van der Waals surface area contributed by atoms with E-state index < -0.39 is 0 Å². The Labute approximate surface area is 185 Å². The van der Waals surface area contributed by atoms with E-state index in [1.165, 1.54) is 0 Å². The number of hydrogen-bond acceptors (Lipinski definition) is 7. The molecule has 1 aromatic heterocycles. The zero-order valence-electron chi connectivity index (χ0n) is 17.9. The fourth-order valence-electron chi connectivity index (χ4n) is 3.37. The van der Waals surface area contributed by atoms with Crippen LogP contribution in [0.15, 0.2) is 46.9 Å². The number of hydrogen-bond donors (Lipinski definition) is 0. The van der Waals surface area contributed by atoms with Crippen molar-refractivity contribution in [3.63, 3.8) is 0 Å². The monoisotopic (exact) mass is 433 g/mol. The van der Waals surface area contributed by atoms with Crippen LogP contribution < -0.4 is 4.74 Å². The van der Waals surface area contributed by atoms with Crippen LogP contribution in [0.4, 0.5) is 0 Å². The molecule has 3 rings (SSSR count). The predicted molar refractivity (Wildman–Crippen MR) is 121 cm³/mol. The quantitative estimate of drug-likeness (QED) is 0.510. The molecule has 0 N–H and O–H groups in total. The molecule has 0 amide bonds. The minimum atomic E-state index is -0.0534. The van der Waals surface area contributed by atoms with Crippen molar-refractivity contribution in [3.8, 4) is 11.8 Å². The van der Waals surface area contributed by atoms with Crippen molar-refractivity contribution < 1.29 is 13.9 Å². The largest absolute Gasteiger partial charge is 0.496 e. The maximum absolute atomic E-state index is 12.5. The van der Waals surface area contributed by atoms with Gasteiger partial charge in [0.1, 0.15) is 5.75 Å². The molecule has 1 heterocycles. The van der Waals surface area contributed by atoms with Crippen molar-refractivity contribution in [1.29, 1.82) is 5.26 Å². The van der Waals surface area contributed by atoms with E-state index in [9.17, 15) is 4.79 Å². The van der Waals surface area contributed by atoms with Crippen molar-refractivity contribution in [3.05, 3.63) is 82.1 Å². The fourth-order valence-corrected chi connectivity index (χ4v) is 3.74. The standard InChI is InChI=1S/C24H23N3O3S/c1-15-12-19(13-21(23(15)29-3)24(28)31-4)20(18-10-8-17(14-25)9-11-18)6-5-7-22-27-26-16(2)30-22/h6,8-13H,5,7H2,1-4H3/b20-6-. The molecule has 0 spiro atoms. The molecule has 0 aliphatic carbocycles. The Bertz CT molecular complexity index is 1160. The number of methoxy groups -OCH3 is 1. The first-order valence-corrected chi connectivity index (χ1v) is 11.0. The van der Waals surface area contributed by atoms with Crippen LogP contribution in [0.3, 0.4) is 0 Å². The molecule has 7 heteroatoms. The minimum absolute atomic E-state index is 0.0534. The summed E-state index contributed by atoms with van der Waals surface area (Å²) < 4.78 is 11.0. The van der Waals surface area contributed by atoms with E-state index in [0.717, 1.165) is 34.0 Å². The lowest BCUT2D eigenvalue weighted by atomic mass is 9.92. The number of carbonyl (C=O) groups is 1. The van der Waals surface area contributed by atoms with Crippen LogP contribution in [0, 0.1) is 25.2 Å². The molecule has 0 bridgehead atoms. The maximum Gasteiger partial charge on any atom is 0.222 e. The lowest BCUT2D eigenvalue weighted by molar-refractivity contribution is 0.108. The van der Waals surface area contributed by atoms with Crippen LogP contribution in [0.25, 0.3) is 5.57 Å². The van der Waals surface area contributed by atoms with Crippen LogP contribution in [0.5, 0.6) is 5.75 Å². The Morgan fingerprint density at radius 2 is 1.94 bits per heavy atom. The lowest BCUT2D eigenvalue weighted by Gasteiger charge is -2.15. The summed E-state index contributed by atoms with van der Waals surface area (Å²) in [6, 6.07) is 13.4. The van der Waals surface area contributed by atoms with Gasteiger partial charge in [-0.1, -0.05) is 30.0 Å². The predicted octanol–water partition coefficient (Wildman–Crippen LogP) is 5.13. The van der Waals surface area contributed by atoms with Gasteiger partial charge in [0, 0.05) is 13.3 Å². The number of ether oxygens (including phenoxy) is 1. The molecule has 2 aromatic carbocycles. The number of thioether (sulfide) groups is 1. The summed E-state index contributed by atoms with van der Waals surface area (Å²) in [7, 11) is 1.57. The normalized spacial score (nSPS) is 11.3. The molecule has 0 atom stereocenters. The number of allylic oxidation sites excluding steroid dienone is 1. The highest BCUT2D eigenvalue weighted by Gasteiger charge is 2.17. The highest BCUT2D eigenvalue weighted by molar-refractivity contribution is 8.13. The zero-order valence-corrected chi connectivity index (χ0v) is 18.7. The van der Waals surface area contributed by atoms with Gasteiger partial charge in [-0.25, -0.2) is 0 Å². The van der Waals surface area contributed by atoms with E-state index in [4.69, 9.17) is 14.4 Å². The number of rotatable bonds is 7. The van der Waals surface area contributed by atoms with Gasteiger partial charge in [-0.05, 0) is 66.1 Å². The Hall–Kier alpha value is -3.37. The Morgan fingerprint density at radius 3 is 2.52 bits per heavy atom. The third-order valence-electron chi connectivity index (χ3n) is 4.79. The number of benzene rings is 2. The molecule has 31 heavy (non-hydrogen) atoms. The van der Waals surface area contributed by atoms with Gasteiger partial charge < -0.3 is 9.15 Å². The minimum Gasteiger partial charge on any atom is -0.496 e. The SMILES string of the molecule is COc1c(C)cc(/C(=C\CCc2nnc(C)o2)c2ccc(C#N)cc2)cc1C(=O)SC. The number of aromatic nitrogens is 2. The number of nitriles is 1. The van der Waals surface area contributed by atoms with Crippen LogP contribution in [-0.2, 0) is 6.42 Å². The third-order valence-corrected chi connectivity index (χ3v) is 5.39. The van der Waals surface area contributed by atoms with Crippen molar-refractivity contribution in [2.75, 3.05) is 13.4 Å². The average molecular weight is 434 g/mol. The van der Waals surface area contributed by atoms with Crippen molar-refractivity contribution in [2.24, 2.45) is 0 Å². The highest BCUT2D eigenvalue weighted by atomic mass is 32.2. The number of carbonyl (C=O) groups excluding carboxylic acids is 1. The second kappa shape index (κ2) is 10.1. The smallest absolute Gasteiger partial charge is 0.222 e. The second-order valence-electron chi connectivity index (χ2n) is 6.93. The summed E-state index contributed by atoms with van der Waals surface area (Å²) >= 11 is 1.15. The fraction of sp³-hybridized carbons (Fsp3) is 0.250. The Balaban J connectivity index is 2.06. The summed E-state index contributed by atoms with van der Waals surface area (Å²) in [5.41, 5.74) is 4.83. The van der Waals surface area contributed by atoms with E-state index >= 15 is 0 Å². The van der Waals surface area contributed by atoms with Crippen LogP contribution in [0.1, 0.15) is 50.8 Å². The summed E-state index contributed by atoms with van der Waals surface area (Å²) in [4.78, 5) is 12.5. The van der Waals surface area contributed by atoms with Crippen LogP contribution in [0.2, 0.25) is 0 Å². The van der Waals surface area contributed by atoms with Gasteiger partial charge in [0.15, 0.2) is 0 Å². The summed E-state index contributed by atoms with van der Waals surface area (Å²) in [6.07, 6.45) is 5.13. The lowest BCUT2D eigenvalue weighted by Crippen LogP contribution is -2.02. The van der Waals surface area contributed by atoms with E-state index in [0.29, 0.717) is 41.5 Å². The van der Waals surface area contributed by atoms with Gasteiger partial charge >= 0.3 is 0 Å². The van der Waals surface area contributed by atoms with Gasteiger partial charge in [-0.15, -0.1) is 10.2 Å². The number of nitrogens with zero attached hydrogens (tertiary/aromatic N) is 3. The van der Waals surface area contributed by atoms with Gasteiger partial charge in [0.2, 0.25) is 16.9 Å². The van der Waals surface area contributed by atoms with E-state index in [1.54, 1.807) is 32.4 Å².